The standard InChI is InChI=1S/C17H28BrN5O2/c1-11(2)8-13(16(25)19-3)20-15(24)9-12-14-10-22(4)6-5-7-23(14)17(18)21-12/h11,13H,5-10H2,1-4H3,(H,19,25)(H,20,24)/t13-/m0/s1. The highest BCUT2D eigenvalue weighted by atomic mass is 79.9. The molecule has 1 aromatic heterocycles. The molecule has 0 bridgehead atoms. The number of hydrogen-bond donors (Lipinski definition) is 2. The number of carbonyl (C=O) groups excluding carboxylic acids is 2. The van der Waals surface area contributed by atoms with E-state index in [1.165, 1.54) is 0 Å². The van der Waals surface area contributed by atoms with Crippen LogP contribution in [0.15, 0.2) is 4.73 Å². The highest BCUT2D eigenvalue weighted by Gasteiger charge is 2.24. The van der Waals surface area contributed by atoms with Crippen LogP contribution in [-0.2, 0) is 29.1 Å². The normalized spacial score (nSPS) is 16.2. The second-order valence-corrected chi connectivity index (χ2v) is 7.77. The predicted octanol–water partition coefficient (Wildman–Crippen LogP) is 1.30. The first kappa shape index (κ1) is 19.9. The van der Waals surface area contributed by atoms with Crippen LogP contribution in [0.25, 0.3) is 0 Å². The molecule has 0 unspecified atom stereocenters. The number of likely N-dealkylation sites (N-methyl/N-ethyl adjacent to an activating group) is 1. The number of amides is 2. The minimum absolute atomic E-state index is 0.161. The van der Waals surface area contributed by atoms with Gasteiger partial charge < -0.3 is 20.1 Å². The maximum Gasteiger partial charge on any atom is 0.242 e. The van der Waals surface area contributed by atoms with Crippen LogP contribution in [0.5, 0.6) is 0 Å². The van der Waals surface area contributed by atoms with E-state index in [4.69, 9.17) is 0 Å². The van der Waals surface area contributed by atoms with E-state index in [1.807, 2.05) is 13.8 Å². The Morgan fingerprint density at radius 2 is 2.04 bits per heavy atom. The molecule has 0 fully saturated rings. The second-order valence-electron chi connectivity index (χ2n) is 7.06. The van der Waals surface area contributed by atoms with Crippen molar-refractivity contribution in [3.63, 3.8) is 0 Å². The Bertz CT molecular complexity index is 629. The molecule has 1 atom stereocenters. The van der Waals surface area contributed by atoms with Gasteiger partial charge in [0.25, 0.3) is 0 Å². The van der Waals surface area contributed by atoms with Crippen molar-refractivity contribution in [3.05, 3.63) is 16.1 Å². The lowest BCUT2D eigenvalue weighted by Gasteiger charge is -2.19. The number of rotatable bonds is 6. The number of aromatic nitrogens is 2. The highest BCUT2D eigenvalue weighted by Crippen LogP contribution is 2.22. The molecule has 0 radical (unpaired) electrons. The Kier molecular flexibility index (Phi) is 7.01. The van der Waals surface area contributed by atoms with Gasteiger partial charge in [0.15, 0.2) is 4.73 Å². The van der Waals surface area contributed by atoms with Crippen LogP contribution in [0, 0.1) is 5.92 Å². The molecule has 2 rings (SSSR count). The molecule has 25 heavy (non-hydrogen) atoms. The van der Waals surface area contributed by atoms with Crippen LogP contribution in [-0.4, -0.2) is 52.9 Å². The van der Waals surface area contributed by atoms with E-state index < -0.39 is 6.04 Å². The van der Waals surface area contributed by atoms with Crippen LogP contribution in [0.3, 0.4) is 0 Å². The first-order chi connectivity index (χ1) is 11.8. The van der Waals surface area contributed by atoms with E-state index in [1.54, 1.807) is 7.05 Å². The summed E-state index contributed by atoms with van der Waals surface area (Å²) < 4.78 is 2.90. The molecule has 7 nitrogen and oxygen atoms in total. The largest absolute Gasteiger partial charge is 0.357 e. The molecule has 2 N–H and O–H groups in total. The smallest absolute Gasteiger partial charge is 0.242 e. The van der Waals surface area contributed by atoms with Gasteiger partial charge in [-0.05, 0) is 48.3 Å². The number of nitrogens with one attached hydrogen (secondary N) is 2. The van der Waals surface area contributed by atoms with Crippen LogP contribution in [0.1, 0.15) is 38.1 Å². The zero-order valence-corrected chi connectivity index (χ0v) is 17.0. The fourth-order valence-corrected chi connectivity index (χ4v) is 3.76. The molecule has 2 heterocycles. The van der Waals surface area contributed by atoms with Gasteiger partial charge in [-0.25, -0.2) is 4.98 Å². The summed E-state index contributed by atoms with van der Waals surface area (Å²) in [6.45, 7) is 6.75. The number of halogens is 1. The Morgan fingerprint density at radius 3 is 2.68 bits per heavy atom. The number of nitrogens with zero attached hydrogens (tertiary/aromatic N) is 3. The van der Waals surface area contributed by atoms with E-state index in [0.29, 0.717) is 12.3 Å². The van der Waals surface area contributed by atoms with Crippen LogP contribution < -0.4 is 10.6 Å². The summed E-state index contributed by atoms with van der Waals surface area (Å²) >= 11 is 3.50. The average molecular weight is 414 g/mol. The van der Waals surface area contributed by atoms with Gasteiger partial charge in [-0.2, -0.15) is 0 Å². The third-order valence-electron chi connectivity index (χ3n) is 4.38. The molecule has 1 aromatic rings. The fourth-order valence-electron chi connectivity index (χ4n) is 3.16. The summed E-state index contributed by atoms with van der Waals surface area (Å²) in [7, 11) is 3.66. The molecule has 1 aliphatic rings. The van der Waals surface area contributed by atoms with E-state index in [-0.39, 0.29) is 18.2 Å². The molecule has 0 aliphatic carbocycles. The minimum atomic E-state index is -0.509. The lowest BCUT2D eigenvalue weighted by molar-refractivity contribution is -0.128. The minimum Gasteiger partial charge on any atom is -0.357 e. The quantitative estimate of drug-likeness (QED) is 0.736. The second kappa shape index (κ2) is 8.80. The third-order valence-corrected chi connectivity index (χ3v) is 4.99. The first-order valence-corrected chi connectivity index (χ1v) is 9.54. The fraction of sp³-hybridized carbons (Fsp3) is 0.706. The highest BCUT2D eigenvalue weighted by molar-refractivity contribution is 9.10. The summed E-state index contributed by atoms with van der Waals surface area (Å²) in [5, 5.41) is 5.48. The molecule has 2 amide bonds. The van der Waals surface area contributed by atoms with Crippen molar-refractivity contribution < 1.29 is 9.59 Å². The summed E-state index contributed by atoms with van der Waals surface area (Å²) in [6, 6.07) is -0.509. The first-order valence-electron chi connectivity index (χ1n) is 8.75. The molecule has 140 valence electrons. The van der Waals surface area contributed by atoms with Gasteiger partial charge in [-0.1, -0.05) is 13.8 Å². The van der Waals surface area contributed by atoms with Crippen LogP contribution in [0.4, 0.5) is 0 Å². The number of hydrogen-bond acceptors (Lipinski definition) is 4. The van der Waals surface area contributed by atoms with Crippen molar-refractivity contribution in [3.8, 4) is 0 Å². The van der Waals surface area contributed by atoms with Gasteiger partial charge in [0.2, 0.25) is 11.8 Å². The molecule has 8 heteroatoms. The van der Waals surface area contributed by atoms with Crippen LogP contribution >= 0.6 is 15.9 Å². The van der Waals surface area contributed by atoms with Crippen molar-refractivity contribution in [2.75, 3.05) is 20.6 Å². The zero-order valence-electron chi connectivity index (χ0n) is 15.4. The summed E-state index contributed by atoms with van der Waals surface area (Å²) in [5.41, 5.74) is 1.85. The predicted molar refractivity (Wildman–Crippen MR) is 100 cm³/mol. The van der Waals surface area contributed by atoms with E-state index in [0.717, 1.165) is 42.2 Å². The van der Waals surface area contributed by atoms with Gasteiger partial charge in [-0.15, -0.1) is 0 Å². The van der Waals surface area contributed by atoms with Crippen LogP contribution in [0.2, 0.25) is 0 Å². The van der Waals surface area contributed by atoms with Gasteiger partial charge in [0, 0.05) is 20.1 Å². The molecule has 0 spiro atoms. The molecule has 0 saturated heterocycles. The Labute approximate surface area is 157 Å². The Balaban J connectivity index is 2.11. The van der Waals surface area contributed by atoms with Gasteiger partial charge in [-0.3, -0.25) is 9.59 Å². The number of imidazole rings is 1. The maximum absolute atomic E-state index is 12.5. The van der Waals surface area contributed by atoms with E-state index in [2.05, 4.69) is 48.1 Å². The van der Waals surface area contributed by atoms with Gasteiger partial charge >= 0.3 is 0 Å². The van der Waals surface area contributed by atoms with Gasteiger partial charge in [0.1, 0.15) is 6.04 Å². The van der Waals surface area contributed by atoms with Gasteiger partial charge in [0.05, 0.1) is 17.8 Å². The third kappa shape index (κ3) is 5.28. The molecule has 0 saturated carbocycles. The van der Waals surface area contributed by atoms with Crippen molar-refractivity contribution in [2.45, 2.75) is 52.2 Å². The molecular weight excluding hydrogens is 386 g/mol. The molecule has 0 aromatic carbocycles. The summed E-state index contributed by atoms with van der Waals surface area (Å²) in [4.78, 5) is 31.3. The lowest BCUT2D eigenvalue weighted by atomic mass is 10.0. The molecule has 1 aliphatic heterocycles. The number of carbonyl (C=O) groups is 2. The van der Waals surface area contributed by atoms with Crippen molar-refractivity contribution >= 4 is 27.7 Å². The van der Waals surface area contributed by atoms with E-state index >= 15 is 0 Å². The zero-order chi connectivity index (χ0) is 18.6. The summed E-state index contributed by atoms with van der Waals surface area (Å²) in [5.74, 6) is -0.0181. The topological polar surface area (TPSA) is 79.3 Å². The SMILES string of the molecule is CNC(=O)[C@H](CC(C)C)NC(=O)Cc1nc(Br)n2c1CN(C)CCC2. The molecular formula is C17H28BrN5O2. The Morgan fingerprint density at radius 1 is 1.32 bits per heavy atom. The number of fused-ring (bicyclic) bond motifs is 1. The van der Waals surface area contributed by atoms with E-state index in [9.17, 15) is 9.59 Å². The van der Waals surface area contributed by atoms with Crippen molar-refractivity contribution in [1.82, 2.24) is 25.1 Å². The average Bonchev–Trinajstić information content (AvgIpc) is 2.71. The lowest BCUT2D eigenvalue weighted by Crippen LogP contribution is -2.47. The Hall–Kier alpha value is -1.41. The summed E-state index contributed by atoms with van der Waals surface area (Å²) in [6.07, 6.45) is 1.84. The van der Waals surface area contributed by atoms with Crippen molar-refractivity contribution in [1.29, 1.82) is 0 Å². The van der Waals surface area contributed by atoms with Crippen molar-refractivity contribution in [2.24, 2.45) is 5.92 Å². The maximum atomic E-state index is 12.5. The monoisotopic (exact) mass is 413 g/mol.